The topological polar surface area (TPSA) is 17.1 Å². The third kappa shape index (κ3) is 6.88. The molecule has 0 amide bonds. The molecule has 1 unspecified atom stereocenters. The van der Waals surface area contributed by atoms with Crippen molar-refractivity contribution in [3.8, 4) is 0 Å². The molecule has 0 aliphatic carbocycles. The van der Waals surface area contributed by atoms with Crippen molar-refractivity contribution in [2.45, 2.75) is 53.4 Å². The summed E-state index contributed by atoms with van der Waals surface area (Å²) in [6.45, 7) is 8.51. The van der Waals surface area contributed by atoms with Gasteiger partial charge in [0.15, 0.2) is 5.78 Å². The summed E-state index contributed by atoms with van der Waals surface area (Å²) in [6, 6.07) is 0. The molecule has 14 heavy (non-hydrogen) atoms. The Kier molecular flexibility index (Phi) is 7.45. The largest absolute Gasteiger partial charge is 0.295 e. The van der Waals surface area contributed by atoms with Crippen molar-refractivity contribution in [3.63, 3.8) is 0 Å². The second-order valence-electron chi connectivity index (χ2n) is 4.48. The van der Waals surface area contributed by atoms with Crippen LogP contribution in [0.1, 0.15) is 53.4 Å². The van der Waals surface area contributed by atoms with Crippen molar-refractivity contribution in [1.82, 2.24) is 0 Å². The lowest BCUT2D eigenvalue weighted by atomic mass is 9.98. The molecule has 0 saturated carbocycles. The Bertz CT molecular complexity index is 180. The van der Waals surface area contributed by atoms with E-state index in [4.69, 9.17) is 0 Å². The van der Waals surface area contributed by atoms with Gasteiger partial charge < -0.3 is 0 Å². The van der Waals surface area contributed by atoms with Crippen LogP contribution in [0.2, 0.25) is 0 Å². The maximum atomic E-state index is 11.5. The lowest BCUT2D eigenvalue weighted by Crippen LogP contribution is -2.07. The fourth-order valence-electron chi connectivity index (χ4n) is 1.27. The van der Waals surface area contributed by atoms with E-state index in [0.717, 1.165) is 19.3 Å². The molecule has 0 heterocycles. The Labute approximate surface area is 88.6 Å². The Hall–Kier alpha value is -0.590. The Balaban J connectivity index is 3.76. The van der Waals surface area contributed by atoms with Crippen molar-refractivity contribution in [1.29, 1.82) is 0 Å². The van der Waals surface area contributed by atoms with Crippen LogP contribution in [-0.2, 0) is 4.79 Å². The number of hydrogen-bond donors (Lipinski definition) is 0. The average Bonchev–Trinajstić information content (AvgIpc) is 2.13. The second kappa shape index (κ2) is 7.78. The molecule has 1 nitrogen and oxygen atoms in total. The predicted octanol–water partition coefficient (Wildman–Crippen LogP) is 3.98. The van der Waals surface area contributed by atoms with E-state index < -0.39 is 0 Å². The molecule has 0 radical (unpaired) electrons. The second-order valence-corrected chi connectivity index (χ2v) is 4.48. The van der Waals surface area contributed by atoms with Crippen molar-refractivity contribution in [2.24, 2.45) is 11.8 Å². The van der Waals surface area contributed by atoms with Crippen molar-refractivity contribution < 1.29 is 4.79 Å². The van der Waals surface area contributed by atoms with Crippen LogP contribution in [0.15, 0.2) is 12.2 Å². The van der Waals surface area contributed by atoms with Crippen LogP contribution in [0.3, 0.4) is 0 Å². The monoisotopic (exact) mass is 196 g/mol. The van der Waals surface area contributed by atoms with E-state index in [1.807, 2.05) is 13.0 Å². The number of carbonyl (C=O) groups excluding carboxylic acids is 1. The molecule has 0 aromatic heterocycles. The average molecular weight is 196 g/mol. The van der Waals surface area contributed by atoms with Crippen LogP contribution >= 0.6 is 0 Å². The quantitative estimate of drug-likeness (QED) is 0.563. The Morgan fingerprint density at radius 2 is 1.93 bits per heavy atom. The minimum Gasteiger partial charge on any atom is -0.295 e. The zero-order valence-corrected chi connectivity index (χ0v) is 10.0. The number of allylic oxidation sites excluding steroid dienone is 2. The van der Waals surface area contributed by atoms with Gasteiger partial charge in [-0.3, -0.25) is 4.79 Å². The maximum absolute atomic E-state index is 11.5. The lowest BCUT2D eigenvalue weighted by molar-refractivity contribution is -0.117. The number of unbranched alkanes of at least 4 members (excludes halogenated alkanes) is 1. The smallest absolute Gasteiger partial charge is 0.158 e. The van der Waals surface area contributed by atoms with Gasteiger partial charge in [-0.05, 0) is 24.8 Å². The molecule has 82 valence electrons. The summed E-state index contributed by atoms with van der Waals surface area (Å²) in [4.78, 5) is 11.5. The summed E-state index contributed by atoms with van der Waals surface area (Å²) in [5, 5.41) is 0. The third-order valence-electron chi connectivity index (χ3n) is 2.37. The van der Waals surface area contributed by atoms with Gasteiger partial charge in [0.2, 0.25) is 0 Å². The van der Waals surface area contributed by atoms with E-state index in [-0.39, 0.29) is 5.92 Å². The summed E-state index contributed by atoms with van der Waals surface area (Å²) in [7, 11) is 0. The molecule has 1 atom stereocenters. The van der Waals surface area contributed by atoms with Crippen LogP contribution in [0.5, 0.6) is 0 Å². The van der Waals surface area contributed by atoms with E-state index in [0.29, 0.717) is 11.7 Å². The highest BCUT2D eigenvalue weighted by molar-refractivity contribution is 5.91. The number of hydrogen-bond acceptors (Lipinski definition) is 1. The van der Waals surface area contributed by atoms with Gasteiger partial charge >= 0.3 is 0 Å². The summed E-state index contributed by atoms with van der Waals surface area (Å²) in [5.74, 6) is 1.14. The zero-order valence-electron chi connectivity index (χ0n) is 10.0. The predicted molar refractivity (Wildman–Crippen MR) is 62.3 cm³/mol. The molecular weight excluding hydrogens is 172 g/mol. The molecule has 0 aromatic rings. The zero-order chi connectivity index (χ0) is 11.0. The van der Waals surface area contributed by atoms with Crippen molar-refractivity contribution >= 4 is 5.78 Å². The summed E-state index contributed by atoms with van der Waals surface area (Å²) < 4.78 is 0. The van der Waals surface area contributed by atoms with Crippen LogP contribution in [0.25, 0.3) is 0 Å². The van der Waals surface area contributed by atoms with Gasteiger partial charge in [0, 0.05) is 5.92 Å². The lowest BCUT2D eigenvalue weighted by Gasteiger charge is -2.05. The first-order valence-electron chi connectivity index (χ1n) is 5.78. The minimum absolute atomic E-state index is 0.207. The fraction of sp³-hybridized carbons (Fsp3) is 0.769. The van der Waals surface area contributed by atoms with Crippen LogP contribution in [0.4, 0.5) is 0 Å². The van der Waals surface area contributed by atoms with Crippen LogP contribution in [-0.4, -0.2) is 5.78 Å². The molecule has 1 heteroatoms. The molecule has 0 spiro atoms. The fourth-order valence-corrected chi connectivity index (χ4v) is 1.27. The first kappa shape index (κ1) is 13.4. The summed E-state index contributed by atoms with van der Waals surface area (Å²) >= 11 is 0. The molecule has 0 fully saturated rings. The van der Waals surface area contributed by atoms with E-state index in [9.17, 15) is 4.79 Å². The summed E-state index contributed by atoms with van der Waals surface area (Å²) in [6.07, 6.45) is 8.14. The number of carbonyl (C=O) groups is 1. The highest BCUT2D eigenvalue weighted by Gasteiger charge is 2.08. The van der Waals surface area contributed by atoms with Gasteiger partial charge in [0.05, 0.1) is 0 Å². The van der Waals surface area contributed by atoms with Crippen LogP contribution < -0.4 is 0 Å². The molecule has 0 aromatic carbocycles. The molecule has 0 N–H and O–H groups in total. The molecule has 0 rings (SSSR count). The van der Waals surface area contributed by atoms with E-state index in [1.54, 1.807) is 6.08 Å². The standard InChI is InChI=1S/C13H24O/c1-5-6-9-12(4)13(14)10-7-8-11(2)3/h7,10-12H,5-6,8-9H2,1-4H3/b10-7-. The first-order valence-corrected chi connectivity index (χ1v) is 5.78. The van der Waals surface area contributed by atoms with Gasteiger partial charge in [-0.25, -0.2) is 0 Å². The summed E-state index contributed by atoms with van der Waals surface area (Å²) in [5.41, 5.74) is 0. The molecule has 0 aliphatic rings. The van der Waals surface area contributed by atoms with Gasteiger partial charge in [0.25, 0.3) is 0 Å². The van der Waals surface area contributed by atoms with Gasteiger partial charge in [-0.2, -0.15) is 0 Å². The molecule has 0 aliphatic heterocycles. The highest BCUT2D eigenvalue weighted by atomic mass is 16.1. The third-order valence-corrected chi connectivity index (χ3v) is 2.37. The highest BCUT2D eigenvalue weighted by Crippen LogP contribution is 2.10. The Morgan fingerprint density at radius 3 is 2.43 bits per heavy atom. The van der Waals surface area contributed by atoms with E-state index in [1.165, 1.54) is 6.42 Å². The normalized spacial score (nSPS) is 13.8. The minimum atomic E-state index is 0.207. The maximum Gasteiger partial charge on any atom is 0.158 e. The molecule has 0 saturated heterocycles. The van der Waals surface area contributed by atoms with E-state index >= 15 is 0 Å². The molecular formula is C13H24O. The number of ketones is 1. The van der Waals surface area contributed by atoms with Crippen molar-refractivity contribution in [3.05, 3.63) is 12.2 Å². The Morgan fingerprint density at radius 1 is 1.29 bits per heavy atom. The van der Waals surface area contributed by atoms with Crippen molar-refractivity contribution in [2.75, 3.05) is 0 Å². The van der Waals surface area contributed by atoms with Crippen LogP contribution in [0, 0.1) is 11.8 Å². The van der Waals surface area contributed by atoms with E-state index in [2.05, 4.69) is 20.8 Å². The molecule has 0 bridgehead atoms. The van der Waals surface area contributed by atoms with Gasteiger partial charge in [-0.1, -0.05) is 46.6 Å². The SMILES string of the molecule is CCCCC(C)C(=O)/C=C\CC(C)C. The number of rotatable bonds is 7. The first-order chi connectivity index (χ1) is 6.57. The van der Waals surface area contributed by atoms with Gasteiger partial charge in [0.1, 0.15) is 0 Å². The van der Waals surface area contributed by atoms with Gasteiger partial charge in [-0.15, -0.1) is 0 Å².